The van der Waals surface area contributed by atoms with Crippen molar-refractivity contribution in [1.82, 2.24) is 5.32 Å². The van der Waals surface area contributed by atoms with E-state index in [1.165, 1.54) is 11.1 Å². The third kappa shape index (κ3) is 3.96. The summed E-state index contributed by atoms with van der Waals surface area (Å²) < 4.78 is 5.58. The van der Waals surface area contributed by atoms with Crippen molar-refractivity contribution in [3.8, 4) is 6.07 Å². The van der Waals surface area contributed by atoms with Gasteiger partial charge in [-0.2, -0.15) is 5.26 Å². The first-order valence-electron chi connectivity index (χ1n) is 8.25. The Balaban J connectivity index is 1.69. The Morgan fingerprint density at radius 2 is 1.88 bits per heavy atom. The van der Waals surface area contributed by atoms with Crippen molar-refractivity contribution in [3.05, 3.63) is 70.2 Å². The van der Waals surface area contributed by atoms with Crippen molar-refractivity contribution in [1.29, 1.82) is 5.26 Å². The van der Waals surface area contributed by atoms with Crippen molar-refractivity contribution in [2.24, 2.45) is 0 Å². The molecule has 0 aliphatic carbocycles. The van der Waals surface area contributed by atoms with Gasteiger partial charge in [0.1, 0.15) is 0 Å². The normalized spacial score (nSPS) is 16.5. The first kappa shape index (κ1) is 17.0. The number of benzene rings is 2. The van der Waals surface area contributed by atoms with Crippen LogP contribution in [0.15, 0.2) is 48.5 Å². The number of hydrogen-bond acceptors (Lipinski definition) is 3. The predicted molar refractivity (Wildman–Crippen MR) is 96.0 cm³/mol. The smallest absolute Gasteiger partial charge is 0.0991 e. The molecule has 1 N–H and O–H groups in total. The first-order chi connectivity index (χ1) is 11.7. The van der Waals surface area contributed by atoms with Gasteiger partial charge < -0.3 is 10.1 Å². The number of ether oxygens (including phenoxy) is 1. The minimum atomic E-state index is 0.0652. The van der Waals surface area contributed by atoms with Gasteiger partial charge in [0.25, 0.3) is 0 Å². The van der Waals surface area contributed by atoms with Crippen LogP contribution in [0.4, 0.5) is 0 Å². The van der Waals surface area contributed by atoms with Gasteiger partial charge in [-0.1, -0.05) is 35.9 Å². The standard InChI is InChI=1S/C20H21ClN2O/c21-19-3-1-2-18(12-19)20(8-10-24-11-9-20)15-23-14-17-6-4-16(13-22)5-7-17/h1-7,12,23H,8-11,14-15H2. The molecule has 0 unspecified atom stereocenters. The van der Waals surface area contributed by atoms with Gasteiger partial charge >= 0.3 is 0 Å². The molecule has 124 valence electrons. The van der Waals surface area contributed by atoms with Crippen LogP contribution in [0.1, 0.15) is 29.5 Å². The van der Waals surface area contributed by atoms with E-state index in [9.17, 15) is 0 Å². The molecule has 0 spiro atoms. The van der Waals surface area contributed by atoms with Gasteiger partial charge in [-0.25, -0.2) is 0 Å². The maximum atomic E-state index is 8.87. The molecule has 2 aromatic rings. The largest absolute Gasteiger partial charge is 0.381 e. The molecule has 3 nitrogen and oxygen atoms in total. The van der Waals surface area contributed by atoms with Crippen LogP contribution in [0, 0.1) is 11.3 Å². The SMILES string of the molecule is N#Cc1ccc(CNCC2(c3cccc(Cl)c3)CCOCC2)cc1. The summed E-state index contributed by atoms with van der Waals surface area (Å²) in [5.74, 6) is 0. The van der Waals surface area contributed by atoms with Crippen LogP contribution in [0.2, 0.25) is 5.02 Å². The van der Waals surface area contributed by atoms with Crippen LogP contribution in [0.25, 0.3) is 0 Å². The summed E-state index contributed by atoms with van der Waals surface area (Å²) in [6, 6.07) is 18.1. The molecule has 24 heavy (non-hydrogen) atoms. The number of rotatable bonds is 5. The fraction of sp³-hybridized carbons (Fsp3) is 0.350. The Labute approximate surface area is 148 Å². The van der Waals surface area contributed by atoms with Gasteiger partial charge in [-0.05, 0) is 48.2 Å². The lowest BCUT2D eigenvalue weighted by atomic mass is 9.74. The summed E-state index contributed by atoms with van der Waals surface area (Å²) >= 11 is 6.21. The average Bonchev–Trinajstić information content (AvgIpc) is 2.63. The predicted octanol–water partition coefficient (Wildman–Crippen LogP) is 4.05. The van der Waals surface area contributed by atoms with Gasteiger partial charge in [0.05, 0.1) is 11.6 Å². The molecule has 0 saturated carbocycles. The third-order valence-corrected chi connectivity index (χ3v) is 5.00. The van der Waals surface area contributed by atoms with E-state index in [0.29, 0.717) is 5.56 Å². The average molecular weight is 341 g/mol. The molecule has 1 heterocycles. The van der Waals surface area contributed by atoms with Crippen LogP contribution in [0.3, 0.4) is 0 Å². The van der Waals surface area contributed by atoms with Crippen molar-refractivity contribution < 1.29 is 4.74 Å². The summed E-state index contributed by atoms with van der Waals surface area (Å²) in [5, 5.41) is 13.2. The van der Waals surface area contributed by atoms with E-state index >= 15 is 0 Å². The van der Waals surface area contributed by atoms with Crippen LogP contribution in [-0.2, 0) is 16.7 Å². The van der Waals surface area contributed by atoms with Crippen LogP contribution < -0.4 is 5.32 Å². The Morgan fingerprint density at radius 1 is 1.12 bits per heavy atom. The van der Waals surface area contributed by atoms with Gasteiger partial charge in [0.2, 0.25) is 0 Å². The van der Waals surface area contributed by atoms with E-state index in [1.54, 1.807) is 0 Å². The molecule has 0 radical (unpaired) electrons. The lowest BCUT2D eigenvalue weighted by Gasteiger charge is -2.38. The topological polar surface area (TPSA) is 45.0 Å². The van der Waals surface area contributed by atoms with Gasteiger partial charge in [0.15, 0.2) is 0 Å². The van der Waals surface area contributed by atoms with Gasteiger partial charge in [-0.3, -0.25) is 0 Å². The molecular weight excluding hydrogens is 320 g/mol. The highest BCUT2D eigenvalue weighted by Crippen LogP contribution is 2.35. The Kier molecular flexibility index (Phi) is 5.52. The molecule has 0 bridgehead atoms. The fourth-order valence-electron chi connectivity index (χ4n) is 3.29. The second-order valence-electron chi connectivity index (χ2n) is 6.32. The molecule has 0 aromatic heterocycles. The highest BCUT2D eigenvalue weighted by molar-refractivity contribution is 6.30. The number of hydrogen-bond donors (Lipinski definition) is 1. The van der Waals surface area contributed by atoms with E-state index in [2.05, 4.69) is 23.5 Å². The lowest BCUT2D eigenvalue weighted by Crippen LogP contribution is -2.42. The third-order valence-electron chi connectivity index (χ3n) is 4.76. The van der Waals surface area contributed by atoms with Crippen molar-refractivity contribution in [2.75, 3.05) is 19.8 Å². The molecule has 4 heteroatoms. The summed E-state index contributed by atoms with van der Waals surface area (Å²) in [6.45, 7) is 3.24. The maximum absolute atomic E-state index is 8.87. The summed E-state index contributed by atoms with van der Waals surface area (Å²) in [7, 11) is 0. The van der Waals surface area contributed by atoms with E-state index in [4.69, 9.17) is 21.6 Å². The second kappa shape index (κ2) is 7.81. The molecule has 2 aromatic carbocycles. The lowest BCUT2D eigenvalue weighted by molar-refractivity contribution is 0.0498. The Bertz CT molecular complexity index is 715. The van der Waals surface area contributed by atoms with E-state index in [1.807, 2.05) is 36.4 Å². The highest BCUT2D eigenvalue weighted by Gasteiger charge is 2.34. The molecule has 1 saturated heterocycles. The van der Waals surface area contributed by atoms with Crippen molar-refractivity contribution in [3.63, 3.8) is 0 Å². The summed E-state index contributed by atoms with van der Waals surface area (Å²) in [6.07, 6.45) is 1.99. The monoisotopic (exact) mass is 340 g/mol. The van der Waals surface area contributed by atoms with Crippen LogP contribution >= 0.6 is 11.6 Å². The van der Waals surface area contributed by atoms with Crippen molar-refractivity contribution in [2.45, 2.75) is 24.8 Å². The molecular formula is C20H21ClN2O. The Hall–Kier alpha value is -1.86. The maximum Gasteiger partial charge on any atom is 0.0991 e. The zero-order valence-electron chi connectivity index (χ0n) is 13.6. The van der Waals surface area contributed by atoms with E-state index in [0.717, 1.165) is 44.2 Å². The molecule has 1 aliphatic rings. The minimum Gasteiger partial charge on any atom is -0.381 e. The summed E-state index contributed by atoms with van der Waals surface area (Å²) in [4.78, 5) is 0. The van der Waals surface area contributed by atoms with Crippen molar-refractivity contribution >= 4 is 11.6 Å². The minimum absolute atomic E-state index is 0.0652. The van der Waals surface area contributed by atoms with Gasteiger partial charge in [-0.15, -0.1) is 0 Å². The number of nitriles is 1. The zero-order valence-corrected chi connectivity index (χ0v) is 14.4. The second-order valence-corrected chi connectivity index (χ2v) is 6.75. The molecule has 1 aliphatic heterocycles. The van der Waals surface area contributed by atoms with E-state index in [-0.39, 0.29) is 5.41 Å². The number of halogens is 1. The zero-order chi connectivity index (χ0) is 16.8. The quantitative estimate of drug-likeness (QED) is 0.893. The molecule has 0 atom stereocenters. The number of nitrogens with zero attached hydrogens (tertiary/aromatic N) is 1. The fourth-order valence-corrected chi connectivity index (χ4v) is 3.48. The summed E-state index contributed by atoms with van der Waals surface area (Å²) in [5.41, 5.74) is 3.22. The van der Waals surface area contributed by atoms with Crippen LogP contribution in [-0.4, -0.2) is 19.8 Å². The Morgan fingerprint density at radius 3 is 2.54 bits per heavy atom. The highest BCUT2D eigenvalue weighted by atomic mass is 35.5. The molecule has 3 rings (SSSR count). The molecule has 1 fully saturated rings. The van der Waals surface area contributed by atoms with Crippen LogP contribution in [0.5, 0.6) is 0 Å². The first-order valence-corrected chi connectivity index (χ1v) is 8.63. The van der Waals surface area contributed by atoms with Gasteiger partial charge in [0, 0.05) is 36.7 Å². The number of nitrogens with one attached hydrogen (secondary N) is 1. The molecule has 0 amide bonds. The van der Waals surface area contributed by atoms with E-state index < -0.39 is 0 Å².